The van der Waals surface area contributed by atoms with Gasteiger partial charge in [-0.25, -0.2) is 0 Å². The summed E-state index contributed by atoms with van der Waals surface area (Å²) >= 11 is 0. The zero-order valence-corrected chi connectivity index (χ0v) is 9.60. The molecular formula is C13H25N. The molecule has 0 radical (unpaired) electrons. The van der Waals surface area contributed by atoms with E-state index in [1.54, 1.807) is 0 Å². The first-order valence-corrected chi connectivity index (χ1v) is 6.49. The lowest BCUT2D eigenvalue weighted by Gasteiger charge is -2.47. The summed E-state index contributed by atoms with van der Waals surface area (Å²) in [5.74, 6) is 0.937. The minimum Gasteiger partial charge on any atom is -0.327 e. The van der Waals surface area contributed by atoms with Gasteiger partial charge in [0.05, 0.1) is 0 Å². The smallest absolute Gasteiger partial charge is 0.00955 e. The zero-order valence-electron chi connectivity index (χ0n) is 9.60. The summed E-state index contributed by atoms with van der Waals surface area (Å²) in [5.41, 5.74) is 6.83. The number of hydrogen-bond acceptors (Lipinski definition) is 1. The molecule has 0 aromatic heterocycles. The Kier molecular flexibility index (Phi) is 3.16. The quantitative estimate of drug-likeness (QED) is 0.681. The second kappa shape index (κ2) is 4.22. The summed E-state index contributed by atoms with van der Waals surface area (Å²) in [6.07, 6.45) is 12.7. The van der Waals surface area contributed by atoms with Crippen LogP contribution in [0.15, 0.2) is 0 Å². The highest BCUT2D eigenvalue weighted by Crippen LogP contribution is 2.47. The standard InChI is InChI=1S/C13H25N/c1-13(10-6-5-9-12(13)14)11-7-3-2-4-8-11/h11-12H,2-10,14H2,1H3. The minimum atomic E-state index is 0.485. The summed E-state index contributed by atoms with van der Waals surface area (Å²) in [7, 11) is 0. The van der Waals surface area contributed by atoms with E-state index in [1.165, 1.54) is 57.8 Å². The molecule has 14 heavy (non-hydrogen) atoms. The lowest BCUT2D eigenvalue weighted by Crippen LogP contribution is -2.47. The van der Waals surface area contributed by atoms with Crippen LogP contribution in [0.1, 0.15) is 64.7 Å². The van der Waals surface area contributed by atoms with Crippen molar-refractivity contribution in [3.8, 4) is 0 Å². The largest absolute Gasteiger partial charge is 0.327 e. The molecule has 82 valence electrons. The molecule has 1 heteroatoms. The Hall–Kier alpha value is -0.0400. The summed E-state index contributed by atoms with van der Waals surface area (Å²) in [6, 6.07) is 0.486. The Morgan fingerprint density at radius 2 is 1.57 bits per heavy atom. The highest BCUT2D eigenvalue weighted by atomic mass is 14.7. The predicted molar refractivity (Wildman–Crippen MR) is 61.1 cm³/mol. The van der Waals surface area contributed by atoms with Gasteiger partial charge in [0.2, 0.25) is 0 Å². The average molecular weight is 195 g/mol. The van der Waals surface area contributed by atoms with Crippen LogP contribution in [0.25, 0.3) is 0 Å². The van der Waals surface area contributed by atoms with Crippen LogP contribution in [0.3, 0.4) is 0 Å². The van der Waals surface area contributed by atoms with Gasteiger partial charge in [-0.15, -0.1) is 0 Å². The van der Waals surface area contributed by atoms with Gasteiger partial charge in [-0.2, -0.15) is 0 Å². The van der Waals surface area contributed by atoms with Crippen LogP contribution in [-0.2, 0) is 0 Å². The van der Waals surface area contributed by atoms with Crippen molar-refractivity contribution in [1.29, 1.82) is 0 Å². The molecule has 2 saturated carbocycles. The molecule has 0 aromatic rings. The molecule has 0 aromatic carbocycles. The first-order chi connectivity index (χ1) is 6.73. The highest BCUT2D eigenvalue weighted by molar-refractivity contribution is 4.94. The zero-order chi connectivity index (χ0) is 10.0. The Bertz CT molecular complexity index is 184. The van der Waals surface area contributed by atoms with Crippen LogP contribution < -0.4 is 5.73 Å². The molecule has 2 aliphatic rings. The maximum atomic E-state index is 6.34. The van der Waals surface area contributed by atoms with Crippen molar-refractivity contribution in [3.63, 3.8) is 0 Å². The Morgan fingerprint density at radius 3 is 2.21 bits per heavy atom. The van der Waals surface area contributed by atoms with E-state index in [9.17, 15) is 0 Å². The van der Waals surface area contributed by atoms with Gasteiger partial charge in [0, 0.05) is 6.04 Å². The molecule has 0 amide bonds. The molecule has 0 bridgehead atoms. The molecule has 2 unspecified atom stereocenters. The van der Waals surface area contributed by atoms with Crippen molar-refractivity contribution in [1.82, 2.24) is 0 Å². The Labute approximate surface area is 88.4 Å². The molecule has 2 atom stereocenters. The van der Waals surface area contributed by atoms with E-state index in [1.807, 2.05) is 0 Å². The van der Waals surface area contributed by atoms with Gasteiger partial charge in [-0.3, -0.25) is 0 Å². The molecule has 0 spiro atoms. The van der Waals surface area contributed by atoms with Crippen molar-refractivity contribution in [2.24, 2.45) is 17.1 Å². The third-order valence-corrected chi connectivity index (χ3v) is 4.87. The predicted octanol–water partition coefficient (Wildman–Crippen LogP) is 3.47. The van der Waals surface area contributed by atoms with Gasteiger partial charge < -0.3 is 5.73 Å². The van der Waals surface area contributed by atoms with Crippen molar-refractivity contribution < 1.29 is 0 Å². The van der Waals surface area contributed by atoms with E-state index in [-0.39, 0.29) is 0 Å². The van der Waals surface area contributed by atoms with E-state index in [0.717, 1.165) is 5.92 Å². The fraction of sp³-hybridized carbons (Fsp3) is 1.00. The highest BCUT2D eigenvalue weighted by Gasteiger charge is 2.40. The molecule has 2 aliphatic carbocycles. The minimum absolute atomic E-state index is 0.485. The Morgan fingerprint density at radius 1 is 0.929 bits per heavy atom. The van der Waals surface area contributed by atoms with Crippen molar-refractivity contribution in [3.05, 3.63) is 0 Å². The van der Waals surface area contributed by atoms with Crippen molar-refractivity contribution >= 4 is 0 Å². The van der Waals surface area contributed by atoms with Gasteiger partial charge in [0.15, 0.2) is 0 Å². The third kappa shape index (κ3) is 1.84. The molecule has 2 N–H and O–H groups in total. The monoisotopic (exact) mass is 195 g/mol. The second-order valence-electron chi connectivity index (χ2n) is 5.69. The number of hydrogen-bond donors (Lipinski definition) is 1. The molecule has 2 rings (SSSR count). The second-order valence-corrected chi connectivity index (χ2v) is 5.69. The van der Waals surface area contributed by atoms with Crippen LogP contribution in [0.2, 0.25) is 0 Å². The normalized spacial score (nSPS) is 41.1. The number of nitrogens with two attached hydrogens (primary N) is 1. The molecule has 1 nitrogen and oxygen atoms in total. The van der Waals surface area contributed by atoms with E-state index in [0.29, 0.717) is 11.5 Å². The lowest BCUT2D eigenvalue weighted by molar-refractivity contribution is 0.0644. The van der Waals surface area contributed by atoms with E-state index < -0.39 is 0 Å². The van der Waals surface area contributed by atoms with Gasteiger partial charge in [-0.1, -0.05) is 39.0 Å². The molecule has 0 saturated heterocycles. The SMILES string of the molecule is CC1(C2CCCCC2)CCCCC1N. The summed E-state index contributed by atoms with van der Waals surface area (Å²) in [6.45, 7) is 2.47. The summed E-state index contributed by atoms with van der Waals surface area (Å²) in [5, 5.41) is 0. The fourth-order valence-electron chi connectivity index (χ4n) is 3.65. The van der Waals surface area contributed by atoms with Crippen LogP contribution in [0.5, 0.6) is 0 Å². The summed E-state index contributed by atoms with van der Waals surface area (Å²) < 4.78 is 0. The van der Waals surface area contributed by atoms with Crippen LogP contribution in [0, 0.1) is 11.3 Å². The average Bonchev–Trinajstić information content (AvgIpc) is 2.24. The maximum absolute atomic E-state index is 6.34. The van der Waals surface area contributed by atoms with Gasteiger partial charge in [-0.05, 0) is 37.0 Å². The Balaban J connectivity index is 2.03. The topological polar surface area (TPSA) is 26.0 Å². The third-order valence-electron chi connectivity index (χ3n) is 4.87. The van der Waals surface area contributed by atoms with E-state index >= 15 is 0 Å². The van der Waals surface area contributed by atoms with Crippen molar-refractivity contribution in [2.45, 2.75) is 70.8 Å². The van der Waals surface area contributed by atoms with E-state index in [2.05, 4.69) is 6.92 Å². The lowest BCUT2D eigenvalue weighted by atomic mass is 9.61. The van der Waals surface area contributed by atoms with Crippen molar-refractivity contribution in [2.75, 3.05) is 0 Å². The van der Waals surface area contributed by atoms with Crippen LogP contribution >= 0.6 is 0 Å². The van der Waals surface area contributed by atoms with Gasteiger partial charge in [0.1, 0.15) is 0 Å². The van der Waals surface area contributed by atoms with Gasteiger partial charge in [0.25, 0.3) is 0 Å². The number of rotatable bonds is 1. The van der Waals surface area contributed by atoms with Crippen LogP contribution in [-0.4, -0.2) is 6.04 Å². The first-order valence-electron chi connectivity index (χ1n) is 6.49. The molecular weight excluding hydrogens is 170 g/mol. The molecule has 0 heterocycles. The summed E-state index contributed by atoms with van der Waals surface area (Å²) in [4.78, 5) is 0. The first kappa shape index (κ1) is 10.5. The maximum Gasteiger partial charge on any atom is 0.00955 e. The molecule has 0 aliphatic heterocycles. The molecule has 2 fully saturated rings. The van der Waals surface area contributed by atoms with Crippen LogP contribution in [0.4, 0.5) is 0 Å². The van der Waals surface area contributed by atoms with E-state index in [4.69, 9.17) is 5.73 Å². The fourth-order valence-corrected chi connectivity index (χ4v) is 3.65. The van der Waals surface area contributed by atoms with Gasteiger partial charge >= 0.3 is 0 Å².